The summed E-state index contributed by atoms with van der Waals surface area (Å²) in [6.45, 7) is 1.79. The molecule has 1 heterocycles. The number of benzene rings is 2. The van der Waals surface area contributed by atoms with Gasteiger partial charge in [-0.3, -0.25) is 4.79 Å². The summed E-state index contributed by atoms with van der Waals surface area (Å²) >= 11 is 3.09. The number of carbonyl (C=O) groups excluding carboxylic acids is 2. The van der Waals surface area contributed by atoms with Crippen molar-refractivity contribution in [2.45, 2.75) is 24.0 Å². The predicted molar refractivity (Wildman–Crippen MR) is 122 cm³/mol. The second kappa shape index (κ2) is 11.3. The van der Waals surface area contributed by atoms with Crippen molar-refractivity contribution in [1.82, 2.24) is 4.98 Å². The summed E-state index contributed by atoms with van der Waals surface area (Å²) < 4.78 is 5.33. The summed E-state index contributed by atoms with van der Waals surface area (Å²) in [4.78, 5) is 32.1. The highest BCUT2D eigenvalue weighted by Crippen LogP contribution is 2.27. The highest BCUT2D eigenvalue weighted by atomic mass is 32.2. The zero-order valence-electron chi connectivity index (χ0n) is 17.0. The lowest BCUT2D eigenvalue weighted by Crippen LogP contribution is -2.35. The van der Waals surface area contributed by atoms with E-state index >= 15 is 0 Å². The zero-order chi connectivity index (χ0) is 22.1. The van der Waals surface area contributed by atoms with Crippen LogP contribution >= 0.6 is 23.1 Å². The van der Waals surface area contributed by atoms with Gasteiger partial charge in [0.1, 0.15) is 0 Å². The Balaban J connectivity index is 1.64. The summed E-state index contributed by atoms with van der Waals surface area (Å²) in [5.41, 5.74) is 2.03. The molecule has 8 heteroatoms. The molecule has 0 aliphatic heterocycles. The number of esters is 1. The summed E-state index contributed by atoms with van der Waals surface area (Å²) in [6, 6.07) is 18.2. The minimum atomic E-state index is -0.556. The van der Waals surface area contributed by atoms with E-state index in [0.29, 0.717) is 17.0 Å². The van der Waals surface area contributed by atoms with Crippen LogP contribution in [0.2, 0.25) is 0 Å². The average molecular weight is 452 g/mol. The number of ether oxygens (including phenoxy) is 1. The molecule has 158 valence electrons. The topological polar surface area (TPSA) is 83.3 Å². The first-order valence-corrected chi connectivity index (χ1v) is 11.5. The van der Waals surface area contributed by atoms with Crippen LogP contribution in [0.3, 0.4) is 0 Å². The highest BCUT2D eigenvalue weighted by molar-refractivity contribution is 7.98. The van der Waals surface area contributed by atoms with Crippen LogP contribution in [0.15, 0.2) is 64.9 Å². The standard InChI is InChI=1S/C23H21N3O3S2/c1-17-25-18(15-30-17)16-31-21-11-6-5-10-20(21)23(28)29-14-22(27)26(13-7-12-24)19-8-3-2-4-9-19/h2-6,8-11,15H,7,13-14,16H2,1H3. The van der Waals surface area contributed by atoms with Crippen molar-refractivity contribution in [1.29, 1.82) is 5.26 Å². The van der Waals surface area contributed by atoms with E-state index in [-0.39, 0.29) is 18.9 Å². The maximum absolute atomic E-state index is 12.7. The lowest BCUT2D eigenvalue weighted by molar-refractivity contribution is -0.121. The molecule has 0 unspecified atom stereocenters. The van der Waals surface area contributed by atoms with Crippen LogP contribution in [0, 0.1) is 18.3 Å². The van der Waals surface area contributed by atoms with Gasteiger partial charge in [0.15, 0.2) is 6.61 Å². The molecule has 0 radical (unpaired) electrons. The number of amides is 1. The van der Waals surface area contributed by atoms with Crippen molar-refractivity contribution in [3.63, 3.8) is 0 Å². The number of para-hydroxylation sites is 1. The number of carbonyl (C=O) groups is 2. The summed E-state index contributed by atoms with van der Waals surface area (Å²) in [5.74, 6) is -0.291. The maximum atomic E-state index is 12.7. The van der Waals surface area contributed by atoms with Crippen LogP contribution in [0.4, 0.5) is 5.69 Å². The van der Waals surface area contributed by atoms with Gasteiger partial charge >= 0.3 is 5.97 Å². The van der Waals surface area contributed by atoms with Gasteiger partial charge in [0.2, 0.25) is 0 Å². The summed E-state index contributed by atoms with van der Waals surface area (Å²) in [6.07, 6.45) is 0.185. The quantitative estimate of drug-likeness (QED) is 0.342. The van der Waals surface area contributed by atoms with Crippen molar-refractivity contribution in [3.8, 4) is 6.07 Å². The van der Waals surface area contributed by atoms with Crippen LogP contribution in [0.1, 0.15) is 27.5 Å². The van der Waals surface area contributed by atoms with Crippen LogP contribution in [-0.4, -0.2) is 30.0 Å². The van der Waals surface area contributed by atoms with Gasteiger partial charge in [-0.05, 0) is 31.2 Å². The number of thioether (sulfide) groups is 1. The molecule has 0 saturated heterocycles. The Morgan fingerprint density at radius 1 is 1.16 bits per heavy atom. The van der Waals surface area contributed by atoms with E-state index in [9.17, 15) is 9.59 Å². The van der Waals surface area contributed by atoms with Crippen molar-refractivity contribution < 1.29 is 14.3 Å². The molecule has 0 saturated carbocycles. The average Bonchev–Trinajstić information content (AvgIpc) is 3.22. The fourth-order valence-electron chi connectivity index (χ4n) is 2.84. The van der Waals surface area contributed by atoms with Crippen molar-refractivity contribution >= 4 is 40.7 Å². The van der Waals surface area contributed by atoms with E-state index in [2.05, 4.69) is 4.98 Å². The number of thiazole rings is 1. The van der Waals surface area contributed by atoms with Crippen LogP contribution in [0.25, 0.3) is 0 Å². The fourth-order valence-corrected chi connectivity index (χ4v) is 4.49. The second-order valence-corrected chi connectivity index (χ2v) is 8.59. The SMILES string of the molecule is Cc1nc(CSc2ccccc2C(=O)OCC(=O)N(CCC#N)c2ccccc2)cs1. The van der Waals surface area contributed by atoms with Gasteiger partial charge in [-0.25, -0.2) is 9.78 Å². The Labute approximate surface area is 189 Å². The van der Waals surface area contributed by atoms with Crippen molar-refractivity contribution in [2.75, 3.05) is 18.1 Å². The number of hydrogen-bond donors (Lipinski definition) is 0. The molecule has 1 aromatic heterocycles. The van der Waals surface area contributed by atoms with Gasteiger partial charge in [0.05, 0.1) is 28.8 Å². The Morgan fingerprint density at radius 2 is 1.90 bits per heavy atom. The normalized spacial score (nSPS) is 10.3. The van der Waals surface area contributed by atoms with Crippen molar-refractivity contribution in [2.24, 2.45) is 0 Å². The molecule has 0 spiro atoms. The van der Waals surface area contributed by atoms with Crippen LogP contribution < -0.4 is 4.90 Å². The molecule has 6 nitrogen and oxygen atoms in total. The van der Waals surface area contributed by atoms with Crippen LogP contribution in [0.5, 0.6) is 0 Å². The van der Waals surface area contributed by atoms with Gasteiger partial charge in [-0.1, -0.05) is 30.3 Å². The first-order valence-electron chi connectivity index (χ1n) is 9.61. The fraction of sp³-hybridized carbons (Fsp3) is 0.217. The zero-order valence-corrected chi connectivity index (χ0v) is 18.6. The Morgan fingerprint density at radius 3 is 2.61 bits per heavy atom. The Bertz CT molecular complexity index is 1080. The number of hydrogen-bond acceptors (Lipinski definition) is 7. The summed E-state index contributed by atoms with van der Waals surface area (Å²) in [7, 11) is 0. The van der Waals surface area contributed by atoms with Gasteiger partial charge in [0.25, 0.3) is 5.91 Å². The molecule has 0 N–H and O–H groups in total. The molecule has 0 atom stereocenters. The van der Waals surface area contributed by atoms with Gasteiger partial charge in [0, 0.05) is 28.3 Å². The van der Waals surface area contributed by atoms with E-state index in [1.165, 1.54) is 16.7 Å². The lowest BCUT2D eigenvalue weighted by Gasteiger charge is -2.21. The minimum absolute atomic E-state index is 0.185. The number of rotatable bonds is 9. The molecule has 0 bridgehead atoms. The summed E-state index contributed by atoms with van der Waals surface area (Å²) in [5, 5.41) is 11.9. The smallest absolute Gasteiger partial charge is 0.339 e. The van der Waals surface area contributed by atoms with E-state index in [0.717, 1.165) is 15.6 Å². The lowest BCUT2D eigenvalue weighted by atomic mass is 10.2. The van der Waals surface area contributed by atoms with Gasteiger partial charge in [-0.2, -0.15) is 5.26 Å². The van der Waals surface area contributed by atoms with E-state index in [1.54, 1.807) is 35.6 Å². The van der Waals surface area contributed by atoms with Gasteiger partial charge < -0.3 is 9.64 Å². The van der Waals surface area contributed by atoms with E-state index in [1.807, 2.05) is 48.7 Å². The Hall–Kier alpha value is -3.15. The molecular weight excluding hydrogens is 430 g/mol. The third-order valence-electron chi connectivity index (χ3n) is 4.29. The molecular formula is C23H21N3O3S2. The Kier molecular flexibility index (Phi) is 8.21. The first-order chi connectivity index (χ1) is 15.1. The third-order valence-corrected chi connectivity index (χ3v) is 6.22. The minimum Gasteiger partial charge on any atom is -0.452 e. The number of anilines is 1. The molecule has 0 aliphatic rings. The molecule has 3 aromatic rings. The third kappa shape index (κ3) is 6.41. The molecule has 0 aliphatic carbocycles. The van der Waals surface area contributed by atoms with E-state index < -0.39 is 12.6 Å². The van der Waals surface area contributed by atoms with E-state index in [4.69, 9.17) is 10.00 Å². The van der Waals surface area contributed by atoms with Gasteiger partial charge in [-0.15, -0.1) is 23.1 Å². The first kappa shape index (κ1) is 22.5. The molecule has 0 fully saturated rings. The molecule has 31 heavy (non-hydrogen) atoms. The number of aromatic nitrogens is 1. The molecule has 2 aromatic carbocycles. The van der Waals surface area contributed by atoms with Crippen molar-refractivity contribution in [3.05, 3.63) is 76.2 Å². The maximum Gasteiger partial charge on any atom is 0.339 e. The highest BCUT2D eigenvalue weighted by Gasteiger charge is 2.19. The molecule has 1 amide bonds. The van der Waals surface area contributed by atoms with Crippen LogP contribution in [-0.2, 0) is 15.3 Å². The second-order valence-electron chi connectivity index (χ2n) is 6.51. The molecule has 3 rings (SSSR count). The monoisotopic (exact) mass is 451 g/mol. The number of nitrogens with zero attached hydrogens (tertiary/aromatic N) is 3. The largest absolute Gasteiger partial charge is 0.452 e. The number of aryl methyl sites for hydroxylation is 1. The number of nitriles is 1. The predicted octanol–water partition coefficient (Wildman–Crippen LogP) is 4.85.